The summed E-state index contributed by atoms with van der Waals surface area (Å²) in [4.78, 5) is 23.7. The van der Waals surface area contributed by atoms with Gasteiger partial charge in [-0.15, -0.1) is 11.3 Å². The van der Waals surface area contributed by atoms with E-state index in [-0.39, 0.29) is 0 Å². The fourth-order valence-corrected chi connectivity index (χ4v) is 2.58. The van der Waals surface area contributed by atoms with E-state index in [1.807, 2.05) is 12.1 Å². The first-order chi connectivity index (χ1) is 11.1. The van der Waals surface area contributed by atoms with Gasteiger partial charge in [0.2, 0.25) is 0 Å². The number of carbonyl (C=O) groups excluding carboxylic acids is 2. The Balaban J connectivity index is 1.90. The zero-order valence-electron chi connectivity index (χ0n) is 12.4. The number of esters is 1. The molecule has 0 fully saturated rings. The molecule has 1 heterocycles. The lowest BCUT2D eigenvalue weighted by atomic mass is 10.1. The number of nitrogens with one attached hydrogen (secondary N) is 1. The molecule has 2 rings (SSSR count). The average Bonchev–Trinajstić information content (AvgIpc) is 3.00. The topological polar surface area (TPSA) is 88.4 Å². The minimum Gasteiger partial charge on any atom is -0.452 e. The molecule has 7 heteroatoms. The second-order valence-corrected chi connectivity index (χ2v) is 5.45. The Bertz CT molecular complexity index is 749. The highest BCUT2D eigenvalue weighted by Crippen LogP contribution is 2.21. The number of thiophene rings is 1. The van der Waals surface area contributed by atoms with Crippen LogP contribution in [0.1, 0.15) is 21.5 Å². The summed E-state index contributed by atoms with van der Waals surface area (Å²) in [5, 5.41) is 13.5. The number of carbonyl (C=O) groups is 2. The number of hydrogen-bond donors (Lipinski definition) is 1. The number of methoxy groups -OCH3 is 1. The highest BCUT2D eigenvalue weighted by molar-refractivity contribution is 7.14. The van der Waals surface area contributed by atoms with Crippen molar-refractivity contribution in [2.45, 2.75) is 6.61 Å². The molecule has 0 radical (unpaired) electrons. The van der Waals surface area contributed by atoms with Crippen molar-refractivity contribution in [1.82, 2.24) is 0 Å². The number of rotatable bonds is 6. The van der Waals surface area contributed by atoms with E-state index in [4.69, 9.17) is 14.7 Å². The molecule has 0 bridgehead atoms. The van der Waals surface area contributed by atoms with E-state index in [1.54, 1.807) is 36.8 Å². The number of anilines is 1. The molecule has 0 spiro atoms. The Morgan fingerprint density at radius 1 is 1.35 bits per heavy atom. The molecule has 0 saturated carbocycles. The molecule has 2 aromatic rings. The van der Waals surface area contributed by atoms with Crippen LogP contribution in [0, 0.1) is 11.3 Å². The molecule has 23 heavy (non-hydrogen) atoms. The molecule has 1 aromatic heterocycles. The van der Waals surface area contributed by atoms with E-state index >= 15 is 0 Å². The minimum absolute atomic E-state index is 0.348. The van der Waals surface area contributed by atoms with Crippen LogP contribution < -0.4 is 5.32 Å². The molecule has 0 aliphatic heterocycles. The number of nitrogens with zero attached hydrogens (tertiary/aromatic N) is 1. The van der Waals surface area contributed by atoms with Crippen LogP contribution in [-0.4, -0.2) is 25.6 Å². The fourth-order valence-electron chi connectivity index (χ4n) is 1.83. The first-order valence-electron chi connectivity index (χ1n) is 6.66. The number of nitriles is 1. The molecule has 0 aliphatic rings. The normalized spacial score (nSPS) is 9.91. The molecule has 1 amide bonds. The number of hydrogen-bond acceptors (Lipinski definition) is 6. The summed E-state index contributed by atoms with van der Waals surface area (Å²) in [6.07, 6.45) is 0. The van der Waals surface area contributed by atoms with Gasteiger partial charge in [0.15, 0.2) is 6.61 Å². The van der Waals surface area contributed by atoms with Crippen LogP contribution in [0.4, 0.5) is 5.00 Å². The molecule has 0 atom stereocenters. The maximum absolute atomic E-state index is 11.9. The maximum atomic E-state index is 11.9. The van der Waals surface area contributed by atoms with Crippen molar-refractivity contribution in [3.05, 3.63) is 52.4 Å². The third kappa shape index (κ3) is 4.64. The first-order valence-corrected chi connectivity index (χ1v) is 7.54. The molecule has 118 valence electrons. The molecule has 0 saturated heterocycles. The van der Waals surface area contributed by atoms with Gasteiger partial charge in [0.1, 0.15) is 11.1 Å². The largest absolute Gasteiger partial charge is 0.452 e. The van der Waals surface area contributed by atoms with E-state index in [0.717, 1.165) is 5.56 Å². The molecule has 0 unspecified atom stereocenters. The Labute approximate surface area is 137 Å². The zero-order valence-corrected chi connectivity index (χ0v) is 13.2. The monoisotopic (exact) mass is 330 g/mol. The predicted octanol–water partition coefficient (Wildman–Crippen LogP) is 2.56. The SMILES string of the molecule is COCc1cccc(C(=O)OCC(=O)Nc2sccc2C#N)c1. The number of ether oxygens (including phenoxy) is 2. The van der Waals surface area contributed by atoms with Crippen LogP contribution in [0.2, 0.25) is 0 Å². The van der Waals surface area contributed by atoms with Gasteiger partial charge in [-0.05, 0) is 29.1 Å². The van der Waals surface area contributed by atoms with E-state index in [0.29, 0.717) is 22.7 Å². The quantitative estimate of drug-likeness (QED) is 0.822. The predicted molar refractivity (Wildman–Crippen MR) is 85.1 cm³/mol. The van der Waals surface area contributed by atoms with Gasteiger partial charge in [-0.25, -0.2) is 4.79 Å². The summed E-state index contributed by atoms with van der Waals surface area (Å²) in [6.45, 7) is -0.0347. The standard InChI is InChI=1S/C16H14N2O4S/c1-21-9-11-3-2-4-12(7-11)16(20)22-10-14(19)18-15-13(8-17)5-6-23-15/h2-7H,9-10H2,1H3,(H,18,19). The van der Waals surface area contributed by atoms with Crippen molar-refractivity contribution in [3.63, 3.8) is 0 Å². The van der Waals surface area contributed by atoms with E-state index in [1.165, 1.54) is 11.3 Å². The highest BCUT2D eigenvalue weighted by atomic mass is 32.1. The summed E-state index contributed by atoms with van der Waals surface area (Å²) in [7, 11) is 1.56. The van der Waals surface area contributed by atoms with Crippen molar-refractivity contribution in [3.8, 4) is 6.07 Å². The van der Waals surface area contributed by atoms with Crippen LogP contribution in [0.5, 0.6) is 0 Å². The van der Waals surface area contributed by atoms with Crippen LogP contribution in [0.15, 0.2) is 35.7 Å². The van der Waals surface area contributed by atoms with Gasteiger partial charge in [-0.3, -0.25) is 4.79 Å². The van der Waals surface area contributed by atoms with E-state index in [2.05, 4.69) is 5.32 Å². The van der Waals surface area contributed by atoms with Crippen LogP contribution in [-0.2, 0) is 20.9 Å². The fraction of sp³-hybridized carbons (Fsp3) is 0.188. The molecule has 6 nitrogen and oxygen atoms in total. The average molecular weight is 330 g/mol. The highest BCUT2D eigenvalue weighted by Gasteiger charge is 2.12. The van der Waals surface area contributed by atoms with Gasteiger partial charge in [0, 0.05) is 7.11 Å². The van der Waals surface area contributed by atoms with Crippen LogP contribution in [0.25, 0.3) is 0 Å². The lowest BCUT2D eigenvalue weighted by Gasteiger charge is -2.07. The Morgan fingerprint density at radius 3 is 2.91 bits per heavy atom. The van der Waals surface area contributed by atoms with E-state index in [9.17, 15) is 9.59 Å². The third-order valence-corrected chi connectivity index (χ3v) is 3.68. The first kappa shape index (κ1) is 16.7. The summed E-state index contributed by atoms with van der Waals surface area (Å²) >= 11 is 1.23. The number of amides is 1. The van der Waals surface area contributed by atoms with Gasteiger partial charge >= 0.3 is 5.97 Å². The lowest BCUT2D eigenvalue weighted by molar-refractivity contribution is -0.119. The smallest absolute Gasteiger partial charge is 0.338 e. The van der Waals surface area contributed by atoms with Crippen molar-refractivity contribution < 1.29 is 19.1 Å². The van der Waals surface area contributed by atoms with Crippen molar-refractivity contribution >= 4 is 28.2 Å². The maximum Gasteiger partial charge on any atom is 0.338 e. The van der Waals surface area contributed by atoms with Crippen molar-refractivity contribution in [2.75, 3.05) is 19.0 Å². The molecule has 1 aromatic carbocycles. The van der Waals surface area contributed by atoms with Crippen molar-refractivity contribution in [1.29, 1.82) is 5.26 Å². The summed E-state index contributed by atoms with van der Waals surface area (Å²) in [6, 6.07) is 10.4. The van der Waals surface area contributed by atoms with Gasteiger partial charge in [0.25, 0.3) is 5.91 Å². The van der Waals surface area contributed by atoms with Gasteiger partial charge in [-0.2, -0.15) is 5.26 Å². The lowest BCUT2D eigenvalue weighted by Crippen LogP contribution is -2.20. The second kappa shape index (κ2) is 8.08. The van der Waals surface area contributed by atoms with Gasteiger partial charge < -0.3 is 14.8 Å². The summed E-state index contributed by atoms with van der Waals surface area (Å²) in [5.41, 5.74) is 1.56. The van der Waals surface area contributed by atoms with Gasteiger partial charge in [-0.1, -0.05) is 12.1 Å². The summed E-state index contributed by atoms with van der Waals surface area (Å²) in [5.74, 6) is -1.09. The Hall–Kier alpha value is -2.69. The van der Waals surface area contributed by atoms with Gasteiger partial charge in [0.05, 0.1) is 17.7 Å². The number of benzene rings is 1. The molecular weight excluding hydrogens is 316 g/mol. The molecule has 0 aliphatic carbocycles. The molecular formula is C16H14N2O4S. The zero-order chi connectivity index (χ0) is 16.7. The Kier molecular flexibility index (Phi) is 5.86. The minimum atomic E-state index is -0.593. The van der Waals surface area contributed by atoms with E-state index < -0.39 is 18.5 Å². The summed E-state index contributed by atoms with van der Waals surface area (Å²) < 4.78 is 9.98. The van der Waals surface area contributed by atoms with Crippen LogP contribution in [0.3, 0.4) is 0 Å². The second-order valence-electron chi connectivity index (χ2n) is 4.53. The third-order valence-electron chi connectivity index (χ3n) is 2.85. The molecule has 1 N–H and O–H groups in total. The van der Waals surface area contributed by atoms with Crippen molar-refractivity contribution in [2.24, 2.45) is 0 Å². The van der Waals surface area contributed by atoms with Crippen LogP contribution >= 0.6 is 11.3 Å². The Morgan fingerprint density at radius 2 is 2.17 bits per heavy atom.